The van der Waals surface area contributed by atoms with Gasteiger partial charge < -0.3 is 5.11 Å². The SMILES string of the molecule is O[C@@H]1C[C@@H](c2ccc(C(F)(F)F)cc2)N(CCc2ccncc2)C1. The molecule has 0 radical (unpaired) electrons. The van der Waals surface area contributed by atoms with Gasteiger partial charge in [0, 0.05) is 31.5 Å². The molecule has 2 aromatic rings. The minimum absolute atomic E-state index is 0.0517. The molecule has 1 aromatic heterocycles. The molecule has 0 aliphatic carbocycles. The number of β-amino-alcohol motifs (C(OH)–C–C–N with tert-alkyl or cyclic N) is 1. The number of aromatic nitrogens is 1. The summed E-state index contributed by atoms with van der Waals surface area (Å²) in [5.74, 6) is 0. The lowest BCUT2D eigenvalue weighted by Gasteiger charge is -2.24. The quantitative estimate of drug-likeness (QED) is 0.929. The third-order valence-corrected chi connectivity index (χ3v) is 4.44. The summed E-state index contributed by atoms with van der Waals surface area (Å²) in [6, 6.07) is 9.10. The third kappa shape index (κ3) is 3.94. The lowest BCUT2D eigenvalue weighted by molar-refractivity contribution is -0.137. The number of pyridine rings is 1. The Morgan fingerprint density at radius 2 is 1.75 bits per heavy atom. The second kappa shape index (κ2) is 6.91. The Morgan fingerprint density at radius 3 is 2.38 bits per heavy atom. The fourth-order valence-electron chi connectivity index (χ4n) is 3.19. The summed E-state index contributed by atoms with van der Waals surface area (Å²) in [5, 5.41) is 9.98. The fraction of sp³-hybridized carbons (Fsp3) is 0.389. The minimum Gasteiger partial charge on any atom is -0.392 e. The molecule has 0 bridgehead atoms. The predicted molar refractivity (Wildman–Crippen MR) is 84.3 cm³/mol. The normalized spacial score (nSPS) is 22.0. The fourth-order valence-corrected chi connectivity index (χ4v) is 3.19. The zero-order chi connectivity index (χ0) is 17.2. The molecule has 128 valence electrons. The highest BCUT2D eigenvalue weighted by atomic mass is 19.4. The van der Waals surface area contributed by atoms with Crippen molar-refractivity contribution in [2.45, 2.75) is 31.2 Å². The average molecular weight is 336 g/mol. The van der Waals surface area contributed by atoms with Gasteiger partial charge in [-0.3, -0.25) is 9.88 Å². The Morgan fingerprint density at radius 1 is 1.08 bits per heavy atom. The summed E-state index contributed by atoms with van der Waals surface area (Å²) < 4.78 is 38.1. The molecule has 1 aliphatic rings. The van der Waals surface area contributed by atoms with Crippen LogP contribution >= 0.6 is 0 Å². The van der Waals surface area contributed by atoms with E-state index in [2.05, 4.69) is 9.88 Å². The number of hydrogen-bond donors (Lipinski definition) is 1. The van der Waals surface area contributed by atoms with Gasteiger partial charge in [-0.15, -0.1) is 0 Å². The van der Waals surface area contributed by atoms with Gasteiger partial charge in [0.15, 0.2) is 0 Å². The van der Waals surface area contributed by atoms with Gasteiger partial charge in [0.2, 0.25) is 0 Å². The maximum absolute atomic E-state index is 12.7. The highest BCUT2D eigenvalue weighted by Crippen LogP contribution is 2.35. The number of alkyl halides is 3. The van der Waals surface area contributed by atoms with E-state index < -0.39 is 17.8 Å². The van der Waals surface area contributed by atoms with Gasteiger partial charge in [0.05, 0.1) is 11.7 Å². The summed E-state index contributed by atoms with van der Waals surface area (Å²) in [6.07, 6.45) is 0.0565. The van der Waals surface area contributed by atoms with E-state index >= 15 is 0 Å². The maximum Gasteiger partial charge on any atom is 0.416 e. The van der Waals surface area contributed by atoms with E-state index in [1.807, 2.05) is 12.1 Å². The first-order valence-electron chi connectivity index (χ1n) is 7.91. The van der Waals surface area contributed by atoms with Crippen LogP contribution in [0.5, 0.6) is 0 Å². The summed E-state index contributed by atoms with van der Waals surface area (Å²) in [6.45, 7) is 1.28. The van der Waals surface area contributed by atoms with Crippen LogP contribution in [0.25, 0.3) is 0 Å². The molecule has 3 nitrogen and oxygen atoms in total. The van der Waals surface area contributed by atoms with Crippen LogP contribution in [0.1, 0.15) is 29.2 Å². The van der Waals surface area contributed by atoms with Crippen molar-refractivity contribution in [3.05, 3.63) is 65.5 Å². The topological polar surface area (TPSA) is 36.4 Å². The molecule has 2 atom stereocenters. The van der Waals surface area contributed by atoms with Gasteiger partial charge in [-0.25, -0.2) is 0 Å². The smallest absolute Gasteiger partial charge is 0.392 e. The number of aliphatic hydroxyl groups excluding tert-OH is 1. The van der Waals surface area contributed by atoms with Crippen LogP contribution in [0.4, 0.5) is 13.2 Å². The Bertz CT molecular complexity index is 658. The molecule has 24 heavy (non-hydrogen) atoms. The molecule has 1 saturated heterocycles. The number of nitrogens with zero attached hydrogens (tertiary/aromatic N) is 2. The van der Waals surface area contributed by atoms with Gasteiger partial charge in [0.25, 0.3) is 0 Å². The zero-order valence-electron chi connectivity index (χ0n) is 13.1. The van der Waals surface area contributed by atoms with Gasteiger partial charge in [0.1, 0.15) is 0 Å². The predicted octanol–water partition coefficient (Wildman–Crippen LogP) is 3.45. The van der Waals surface area contributed by atoms with E-state index in [-0.39, 0.29) is 6.04 Å². The first-order chi connectivity index (χ1) is 11.4. The molecule has 2 heterocycles. The first kappa shape index (κ1) is 16.9. The minimum atomic E-state index is -4.32. The summed E-state index contributed by atoms with van der Waals surface area (Å²) in [4.78, 5) is 6.11. The number of halogens is 3. The van der Waals surface area contributed by atoms with Crippen LogP contribution in [-0.2, 0) is 12.6 Å². The molecule has 0 spiro atoms. The summed E-state index contributed by atoms with van der Waals surface area (Å²) in [5.41, 5.74) is 1.32. The monoisotopic (exact) mass is 336 g/mol. The van der Waals surface area contributed by atoms with Crippen molar-refractivity contribution in [1.82, 2.24) is 9.88 Å². The first-order valence-corrected chi connectivity index (χ1v) is 7.91. The Hall–Kier alpha value is -1.92. The lowest BCUT2D eigenvalue weighted by Crippen LogP contribution is -2.27. The largest absolute Gasteiger partial charge is 0.416 e. The second-order valence-corrected chi connectivity index (χ2v) is 6.13. The Balaban J connectivity index is 1.70. The maximum atomic E-state index is 12.7. The molecule has 1 fully saturated rings. The molecular weight excluding hydrogens is 317 g/mol. The van der Waals surface area contributed by atoms with Crippen LogP contribution < -0.4 is 0 Å². The molecule has 1 N–H and O–H groups in total. The van der Waals surface area contributed by atoms with E-state index in [4.69, 9.17) is 0 Å². The third-order valence-electron chi connectivity index (χ3n) is 4.44. The second-order valence-electron chi connectivity index (χ2n) is 6.13. The van der Waals surface area contributed by atoms with Crippen LogP contribution in [0.2, 0.25) is 0 Å². The van der Waals surface area contributed by atoms with Crippen molar-refractivity contribution < 1.29 is 18.3 Å². The number of aliphatic hydroxyl groups is 1. The van der Waals surface area contributed by atoms with Crippen molar-refractivity contribution in [1.29, 1.82) is 0 Å². The van der Waals surface area contributed by atoms with Gasteiger partial charge >= 0.3 is 6.18 Å². The zero-order valence-corrected chi connectivity index (χ0v) is 13.1. The van der Waals surface area contributed by atoms with Crippen molar-refractivity contribution in [2.24, 2.45) is 0 Å². The highest BCUT2D eigenvalue weighted by Gasteiger charge is 2.33. The lowest BCUT2D eigenvalue weighted by atomic mass is 10.0. The summed E-state index contributed by atoms with van der Waals surface area (Å²) >= 11 is 0. The van der Waals surface area contributed by atoms with E-state index in [1.54, 1.807) is 12.4 Å². The van der Waals surface area contributed by atoms with Gasteiger partial charge in [-0.05, 0) is 48.2 Å². The molecule has 1 aromatic carbocycles. The molecule has 1 aliphatic heterocycles. The highest BCUT2D eigenvalue weighted by molar-refractivity contribution is 5.27. The Labute approximate surface area is 138 Å². The summed E-state index contributed by atoms with van der Waals surface area (Å²) in [7, 11) is 0. The van der Waals surface area contributed by atoms with Crippen molar-refractivity contribution in [3.63, 3.8) is 0 Å². The standard InChI is InChI=1S/C18H19F3N2O/c19-18(20,21)15-3-1-14(2-4-15)17-11-16(24)12-23(17)10-7-13-5-8-22-9-6-13/h1-6,8-9,16-17,24H,7,10-12H2/t16-,17+/m1/s1. The molecule has 3 rings (SSSR count). The van der Waals surface area contributed by atoms with Crippen molar-refractivity contribution in [2.75, 3.05) is 13.1 Å². The van der Waals surface area contributed by atoms with Crippen molar-refractivity contribution in [3.8, 4) is 0 Å². The van der Waals surface area contributed by atoms with Crippen LogP contribution in [0, 0.1) is 0 Å². The van der Waals surface area contributed by atoms with Crippen LogP contribution in [-0.4, -0.2) is 34.2 Å². The molecule has 0 saturated carbocycles. The van der Waals surface area contributed by atoms with Gasteiger partial charge in [-0.2, -0.15) is 13.2 Å². The molecule has 0 unspecified atom stereocenters. The molecule has 0 amide bonds. The number of hydrogen-bond acceptors (Lipinski definition) is 3. The van der Waals surface area contributed by atoms with E-state index in [1.165, 1.54) is 12.1 Å². The van der Waals surface area contributed by atoms with E-state index in [0.717, 1.165) is 36.2 Å². The number of rotatable bonds is 4. The van der Waals surface area contributed by atoms with E-state index in [0.29, 0.717) is 13.0 Å². The van der Waals surface area contributed by atoms with Crippen LogP contribution in [0.15, 0.2) is 48.8 Å². The van der Waals surface area contributed by atoms with Crippen molar-refractivity contribution >= 4 is 0 Å². The Kier molecular flexibility index (Phi) is 4.87. The van der Waals surface area contributed by atoms with E-state index in [9.17, 15) is 18.3 Å². The number of likely N-dealkylation sites (tertiary alicyclic amines) is 1. The molecular formula is C18H19F3N2O. The molecule has 6 heteroatoms. The van der Waals surface area contributed by atoms with Gasteiger partial charge in [-0.1, -0.05) is 12.1 Å². The average Bonchev–Trinajstić information content (AvgIpc) is 2.94. The number of benzene rings is 1. The van der Waals surface area contributed by atoms with Crippen LogP contribution in [0.3, 0.4) is 0 Å².